The number of hydrogen-bond donors (Lipinski definition) is 2. The van der Waals surface area contributed by atoms with E-state index in [-0.39, 0.29) is 18.4 Å². The predicted octanol–water partition coefficient (Wildman–Crippen LogP) is 2.43. The van der Waals surface area contributed by atoms with E-state index in [1.165, 1.54) is 0 Å². The van der Waals surface area contributed by atoms with Crippen molar-refractivity contribution < 1.29 is 19.6 Å². The monoisotopic (exact) mass is 383 g/mol. The molecule has 0 aromatic heterocycles. The molecule has 1 saturated heterocycles. The van der Waals surface area contributed by atoms with Gasteiger partial charge >= 0.3 is 0 Å². The van der Waals surface area contributed by atoms with E-state index in [4.69, 9.17) is 0 Å². The van der Waals surface area contributed by atoms with Gasteiger partial charge in [0.05, 0.1) is 12.5 Å². The molecule has 2 N–H and O–H groups in total. The van der Waals surface area contributed by atoms with Gasteiger partial charge in [-0.15, -0.1) is 0 Å². The fraction of sp³-hybridized carbons (Fsp3) is 0.850. The Kier molecular flexibility index (Phi) is 9.22. The van der Waals surface area contributed by atoms with Crippen LogP contribution >= 0.6 is 0 Å². The van der Waals surface area contributed by atoms with Crippen LogP contribution in [0.5, 0.6) is 0 Å². The normalized spacial score (nSPS) is 17.9. The smallest absolute Gasteiger partial charge is 0.245 e. The molecule has 0 radical (unpaired) electrons. The number of unbranched alkanes of at least 4 members (excludes halogenated alkanes) is 1. The molecule has 7 heteroatoms. The maximum Gasteiger partial charge on any atom is 0.245 e. The molecule has 0 spiro atoms. The zero-order valence-corrected chi connectivity index (χ0v) is 17.5. The van der Waals surface area contributed by atoms with Gasteiger partial charge in [0, 0.05) is 13.1 Å². The molecule has 2 atom stereocenters. The van der Waals surface area contributed by atoms with E-state index in [0.29, 0.717) is 23.8 Å². The second-order valence-electron chi connectivity index (χ2n) is 8.88. The van der Waals surface area contributed by atoms with Gasteiger partial charge in [0.25, 0.3) is 0 Å². The van der Waals surface area contributed by atoms with Crippen LogP contribution in [0.1, 0.15) is 66.7 Å². The Balaban J connectivity index is 2.87. The zero-order chi connectivity index (χ0) is 20.6. The van der Waals surface area contributed by atoms with Crippen LogP contribution in [0.15, 0.2) is 0 Å². The van der Waals surface area contributed by atoms with Crippen molar-refractivity contribution in [1.82, 2.24) is 15.3 Å². The van der Waals surface area contributed by atoms with Crippen LogP contribution in [0.2, 0.25) is 0 Å². The summed E-state index contributed by atoms with van der Waals surface area (Å²) in [5.74, 6) is -0.260. The van der Waals surface area contributed by atoms with Gasteiger partial charge < -0.3 is 10.2 Å². The largest absolute Gasteiger partial charge is 0.344 e. The Labute approximate surface area is 163 Å². The molecule has 0 aromatic carbocycles. The first-order chi connectivity index (χ1) is 12.6. The van der Waals surface area contributed by atoms with Crippen molar-refractivity contribution in [2.75, 3.05) is 19.6 Å². The molecule has 3 amide bonds. The minimum absolute atomic E-state index is 0.0479. The molecule has 0 saturated carbocycles. The van der Waals surface area contributed by atoms with Gasteiger partial charge in [0.1, 0.15) is 6.04 Å². The van der Waals surface area contributed by atoms with Gasteiger partial charge in [-0.25, -0.2) is 5.06 Å². The maximum absolute atomic E-state index is 13.1. The van der Waals surface area contributed by atoms with Crippen molar-refractivity contribution in [2.24, 2.45) is 17.3 Å². The molecule has 0 bridgehead atoms. The molecular weight excluding hydrogens is 346 g/mol. The highest BCUT2D eigenvalue weighted by atomic mass is 16.5. The fourth-order valence-electron chi connectivity index (χ4n) is 3.34. The Morgan fingerprint density at radius 3 is 2.37 bits per heavy atom. The van der Waals surface area contributed by atoms with Crippen LogP contribution in [-0.4, -0.2) is 59.1 Å². The molecule has 27 heavy (non-hydrogen) atoms. The molecule has 7 nitrogen and oxygen atoms in total. The van der Waals surface area contributed by atoms with E-state index in [1.807, 2.05) is 32.6 Å². The van der Waals surface area contributed by atoms with E-state index in [9.17, 15) is 19.6 Å². The molecule has 0 aromatic rings. The minimum atomic E-state index is -0.633. The first-order valence-corrected chi connectivity index (χ1v) is 10.1. The lowest BCUT2D eigenvalue weighted by atomic mass is 9.84. The van der Waals surface area contributed by atoms with Crippen molar-refractivity contribution >= 4 is 18.2 Å². The van der Waals surface area contributed by atoms with Crippen molar-refractivity contribution in [1.29, 1.82) is 0 Å². The van der Waals surface area contributed by atoms with Gasteiger partial charge in [-0.3, -0.25) is 19.6 Å². The number of nitrogens with one attached hydrogen (secondary N) is 1. The summed E-state index contributed by atoms with van der Waals surface area (Å²) in [6.07, 6.45) is 4.53. The summed E-state index contributed by atoms with van der Waals surface area (Å²) >= 11 is 0. The fourth-order valence-corrected chi connectivity index (χ4v) is 3.34. The maximum atomic E-state index is 13.1. The van der Waals surface area contributed by atoms with E-state index in [0.717, 1.165) is 38.8 Å². The predicted molar refractivity (Wildman–Crippen MR) is 104 cm³/mol. The van der Waals surface area contributed by atoms with E-state index in [2.05, 4.69) is 12.2 Å². The van der Waals surface area contributed by atoms with Gasteiger partial charge in [-0.05, 0) is 30.6 Å². The molecule has 156 valence electrons. The molecule has 1 fully saturated rings. The number of hydrogen-bond acceptors (Lipinski definition) is 4. The van der Waals surface area contributed by atoms with E-state index < -0.39 is 17.4 Å². The van der Waals surface area contributed by atoms with Crippen LogP contribution in [0, 0.1) is 17.3 Å². The lowest BCUT2D eigenvalue weighted by Gasteiger charge is -2.38. The Bertz CT molecular complexity index is 496. The Morgan fingerprint density at radius 1 is 1.30 bits per heavy atom. The average molecular weight is 384 g/mol. The lowest BCUT2D eigenvalue weighted by molar-refractivity contribution is -0.155. The van der Waals surface area contributed by atoms with Gasteiger partial charge in [-0.2, -0.15) is 0 Å². The molecule has 0 unspecified atom stereocenters. The van der Waals surface area contributed by atoms with Crippen molar-refractivity contribution in [2.45, 2.75) is 72.8 Å². The number of carbonyl (C=O) groups is 3. The SMILES string of the molecule is CCCC[C@H](CN(O)C=O)C(=O)N[C@H](C(=O)N1CCC(C)CC1)C(C)(C)C. The molecular formula is C20H37N3O4. The van der Waals surface area contributed by atoms with E-state index >= 15 is 0 Å². The quantitative estimate of drug-likeness (QED) is 0.363. The van der Waals surface area contributed by atoms with Crippen LogP contribution in [0.25, 0.3) is 0 Å². The second kappa shape index (κ2) is 10.6. The number of hydroxylamine groups is 2. The highest BCUT2D eigenvalue weighted by molar-refractivity contribution is 5.89. The summed E-state index contributed by atoms with van der Waals surface area (Å²) in [6, 6.07) is -0.633. The average Bonchev–Trinajstić information content (AvgIpc) is 2.61. The standard InChI is InChI=1S/C20H37N3O4/c1-6-7-8-16(13-23(27)14-24)18(25)21-17(20(3,4)5)19(26)22-11-9-15(2)10-12-22/h14-17,27H,6-13H2,1-5H3,(H,21,25)/t16-,17-/m1/s1. The lowest BCUT2D eigenvalue weighted by Crippen LogP contribution is -2.57. The molecule has 1 heterocycles. The third-order valence-electron chi connectivity index (χ3n) is 5.30. The van der Waals surface area contributed by atoms with Crippen LogP contribution in [0.3, 0.4) is 0 Å². The third kappa shape index (κ3) is 7.48. The number of amides is 3. The summed E-state index contributed by atoms with van der Waals surface area (Å²) in [5, 5.41) is 12.9. The summed E-state index contributed by atoms with van der Waals surface area (Å²) < 4.78 is 0. The summed E-state index contributed by atoms with van der Waals surface area (Å²) in [7, 11) is 0. The van der Waals surface area contributed by atoms with Crippen LogP contribution < -0.4 is 5.32 Å². The number of nitrogens with zero attached hydrogens (tertiary/aromatic N) is 2. The zero-order valence-electron chi connectivity index (χ0n) is 17.5. The first-order valence-electron chi connectivity index (χ1n) is 10.1. The molecule has 1 rings (SSSR count). The van der Waals surface area contributed by atoms with Gasteiger partial charge in [0.15, 0.2) is 0 Å². The Morgan fingerprint density at radius 2 is 1.89 bits per heavy atom. The highest BCUT2D eigenvalue weighted by Gasteiger charge is 2.37. The van der Waals surface area contributed by atoms with Crippen molar-refractivity contribution in [3.05, 3.63) is 0 Å². The topological polar surface area (TPSA) is 90.0 Å². The highest BCUT2D eigenvalue weighted by Crippen LogP contribution is 2.25. The number of likely N-dealkylation sites (tertiary alicyclic amines) is 1. The third-order valence-corrected chi connectivity index (χ3v) is 5.30. The number of carbonyl (C=O) groups excluding carboxylic acids is 3. The minimum Gasteiger partial charge on any atom is -0.344 e. The number of rotatable bonds is 9. The van der Waals surface area contributed by atoms with Crippen LogP contribution in [-0.2, 0) is 14.4 Å². The van der Waals surface area contributed by atoms with Gasteiger partial charge in [-0.1, -0.05) is 47.5 Å². The summed E-state index contributed by atoms with van der Waals surface area (Å²) in [5.41, 5.74) is -0.436. The van der Waals surface area contributed by atoms with Crippen molar-refractivity contribution in [3.8, 4) is 0 Å². The molecule has 1 aliphatic rings. The van der Waals surface area contributed by atoms with Crippen molar-refractivity contribution in [3.63, 3.8) is 0 Å². The molecule has 1 aliphatic heterocycles. The molecule has 0 aliphatic carbocycles. The summed E-state index contributed by atoms with van der Waals surface area (Å²) in [6.45, 7) is 11.4. The Hall–Kier alpha value is -1.63. The number of piperidine rings is 1. The van der Waals surface area contributed by atoms with Gasteiger partial charge in [0.2, 0.25) is 18.2 Å². The first kappa shape index (κ1) is 23.4. The summed E-state index contributed by atoms with van der Waals surface area (Å²) in [4.78, 5) is 38.5. The second-order valence-corrected chi connectivity index (χ2v) is 8.88. The van der Waals surface area contributed by atoms with E-state index in [1.54, 1.807) is 0 Å². The van der Waals surface area contributed by atoms with Crippen LogP contribution in [0.4, 0.5) is 0 Å².